The first-order chi connectivity index (χ1) is 15.5. The van der Waals surface area contributed by atoms with E-state index in [1.807, 2.05) is 24.1 Å². The molecule has 2 aliphatic rings. The largest absolute Gasteiger partial charge is 0.490 e. The summed E-state index contributed by atoms with van der Waals surface area (Å²) in [5.74, 6) is -1.85. The summed E-state index contributed by atoms with van der Waals surface area (Å²) in [6, 6.07) is 6.55. The van der Waals surface area contributed by atoms with Crippen LogP contribution in [-0.4, -0.2) is 62.6 Å². The van der Waals surface area contributed by atoms with Crippen molar-refractivity contribution < 1.29 is 32.3 Å². The second-order valence-corrected chi connectivity index (χ2v) is 8.63. The van der Waals surface area contributed by atoms with E-state index in [2.05, 4.69) is 14.9 Å². The Balaban J connectivity index is 0.000000383. The lowest BCUT2D eigenvalue weighted by atomic mass is 9.77. The molecule has 180 valence electrons. The van der Waals surface area contributed by atoms with Crippen LogP contribution >= 0.6 is 0 Å². The molecule has 2 saturated heterocycles. The zero-order valence-corrected chi connectivity index (χ0v) is 18.2. The highest BCUT2D eigenvalue weighted by Crippen LogP contribution is 2.41. The van der Waals surface area contributed by atoms with Crippen molar-refractivity contribution in [3.63, 3.8) is 0 Å². The van der Waals surface area contributed by atoms with Crippen LogP contribution in [-0.2, 0) is 22.7 Å². The van der Waals surface area contributed by atoms with Crippen LogP contribution in [0.15, 0.2) is 30.5 Å². The second kappa shape index (κ2) is 9.90. The van der Waals surface area contributed by atoms with Crippen molar-refractivity contribution in [2.75, 3.05) is 19.6 Å². The van der Waals surface area contributed by atoms with Crippen LogP contribution in [0.2, 0.25) is 0 Å². The maximum absolute atomic E-state index is 13.4. The molecule has 1 aromatic carbocycles. The van der Waals surface area contributed by atoms with Crippen LogP contribution in [0.1, 0.15) is 36.3 Å². The minimum atomic E-state index is -5.08. The fraction of sp³-hybridized carbons (Fsp3) is 0.500. The molecular weight excluding hydrogens is 444 g/mol. The minimum absolute atomic E-state index is 0.0881. The predicted molar refractivity (Wildman–Crippen MR) is 110 cm³/mol. The Labute approximate surface area is 188 Å². The van der Waals surface area contributed by atoms with Gasteiger partial charge in [0, 0.05) is 37.9 Å². The van der Waals surface area contributed by atoms with E-state index < -0.39 is 12.1 Å². The Kier molecular flexibility index (Phi) is 7.41. The number of benzene rings is 1. The molecule has 4 rings (SSSR count). The summed E-state index contributed by atoms with van der Waals surface area (Å²) in [6.07, 6.45) is -0.490. The summed E-state index contributed by atoms with van der Waals surface area (Å²) in [4.78, 5) is 33.3. The van der Waals surface area contributed by atoms with Crippen molar-refractivity contribution in [3.8, 4) is 0 Å². The molecule has 2 N–H and O–H groups in total. The van der Waals surface area contributed by atoms with Crippen molar-refractivity contribution in [2.24, 2.45) is 5.41 Å². The molecule has 33 heavy (non-hydrogen) atoms. The molecule has 0 atom stereocenters. The lowest BCUT2D eigenvalue weighted by Crippen LogP contribution is -2.41. The number of alkyl halides is 3. The number of likely N-dealkylation sites (tertiary alicyclic amines) is 2. The first-order valence-corrected chi connectivity index (χ1v) is 10.5. The van der Waals surface area contributed by atoms with E-state index >= 15 is 0 Å². The second-order valence-electron chi connectivity index (χ2n) is 8.63. The van der Waals surface area contributed by atoms with Gasteiger partial charge >= 0.3 is 12.1 Å². The third-order valence-corrected chi connectivity index (χ3v) is 5.98. The van der Waals surface area contributed by atoms with E-state index in [0.29, 0.717) is 13.0 Å². The lowest BCUT2D eigenvalue weighted by molar-refractivity contribution is -0.192. The third-order valence-electron chi connectivity index (χ3n) is 5.98. The molecule has 1 amide bonds. The van der Waals surface area contributed by atoms with Crippen LogP contribution < -0.4 is 0 Å². The number of carbonyl (C=O) groups is 2. The zero-order valence-electron chi connectivity index (χ0n) is 18.2. The number of imidazole rings is 1. The molecule has 11 heteroatoms. The minimum Gasteiger partial charge on any atom is -0.475 e. The molecule has 2 aromatic rings. The number of carboxylic acids is 1. The Morgan fingerprint density at radius 1 is 1.24 bits per heavy atom. The third kappa shape index (κ3) is 6.77. The van der Waals surface area contributed by atoms with Gasteiger partial charge in [0.05, 0.1) is 0 Å². The first-order valence-electron chi connectivity index (χ1n) is 10.5. The summed E-state index contributed by atoms with van der Waals surface area (Å²) >= 11 is 0. The van der Waals surface area contributed by atoms with Crippen molar-refractivity contribution in [3.05, 3.63) is 53.4 Å². The molecule has 2 fully saturated rings. The standard InChI is InChI=1S/C20H25FN4O.C2HF3O2/c1-15-22-11-18(23-15)13-24-7-5-20(6-8-24)10-19(26)25(14-20)12-16-3-2-4-17(21)9-16;3-2(4,5)1(6)7/h2-4,9,11H,5-8,10,12-14H2,1H3,(H,22,23);(H,6,7). The molecule has 0 saturated carbocycles. The van der Waals surface area contributed by atoms with E-state index in [9.17, 15) is 22.4 Å². The van der Waals surface area contributed by atoms with Gasteiger partial charge in [-0.1, -0.05) is 12.1 Å². The summed E-state index contributed by atoms with van der Waals surface area (Å²) in [6.45, 7) is 6.15. The van der Waals surface area contributed by atoms with Gasteiger partial charge in [-0.3, -0.25) is 9.69 Å². The summed E-state index contributed by atoms with van der Waals surface area (Å²) in [5.41, 5.74) is 2.10. The monoisotopic (exact) mass is 470 g/mol. The van der Waals surface area contributed by atoms with Gasteiger partial charge in [0.2, 0.25) is 5.91 Å². The van der Waals surface area contributed by atoms with Gasteiger partial charge in [-0.15, -0.1) is 0 Å². The highest BCUT2D eigenvalue weighted by atomic mass is 19.4. The summed E-state index contributed by atoms with van der Waals surface area (Å²) < 4.78 is 45.1. The number of H-pyrrole nitrogens is 1. The van der Waals surface area contributed by atoms with E-state index in [4.69, 9.17) is 9.90 Å². The topological polar surface area (TPSA) is 89.5 Å². The van der Waals surface area contributed by atoms with Crippen LogP contribution in [0.4, 0.5) is 17.6 Å². The highest BCUT2D eigenvalue weighted by Gasteiger charge is 2.44. The number of aromatic nitrogens is 2. The van der Waals surface area contributed by atoms with Crippen molar-refractivity contribution in [1.29, 1.82) is 0 Å². The quantitative estimate of drug-likeness (QED) is 0.668. The van der Waals surface area contributed by atoms with Gasteiger partial charge in [-0.25, -0.2) is 14.2 Å². The van der Waals surface area contributed by atoms with Crippen molar-refractivity contribution >= 4 is 11.9 Å². The number of carbonyl (C=O) groups excluding carboxylic acids is 1. The average molecular weight is 470 g/mol. The van der Waals surface area contributed by atoms with E-state index in [-0.39, 0.29) is 17.1 Å². The lowest BCUT2D eigenvalue weighted by Gasteiger charge is -2.38. The maximum Gasteiger partial charge on any atom is 0.490 e. The fourth-order valence-electron chi connectivity index (χ4n) is 4.29. The molecule has 1 spiro atoms. The average Bonchev–Trinajstić information content (AvgIpc) is 3.26. The number of nitrogens with one attached hydrogen (secondary N) is 1. The molecule has 7 nitrogen and oxygen atoms in total. The Morgan fingerprint density at radius 2 is 1.91 bits per heavy atom. The molecule has 0 radical (unpaired) electrons. The van der Waals surface area contributed by atoms with Gasteiger partial charge in [-0.05, 0) is 56.0 Å². The molecular formula is C22H26F4N4O3. The van der Waals surface area contributed by atoms with Crippen LogP contribution in [0.3, 0.4) is 0 Å². The Bertz CT molecular complexity index is 984. The number of amides is 1. The number of aromatic amines is 1. The van der Waals surface area contributed by atoms with Crippen LogP contribution in [0, 0.1) is 18.2 Å². The fourth-order valence-corrected chi connectivity index (χ4v) is 4.29. The maximum atomic E-state index is 13.4. The molecule has 1 aromatic heterocycles. The van der Waals surface area contributed by atoms with Gasteiger partial charge in [0.1, 0.15) is 11.6 Å². The van der Waals surface area contributed by atoms with E-state index in [0.717, 1.165) is 56.1 Å². The molecule has 0 unspecified atom stereocenters. The number of hydrogen-bond acceptors (Lipinski definition) is 4. The Hall–Kier alpha value is -2.95. The number of hydrogen-bond donors (Lipinski definition) is 2. The summed E-state index contributed by atoms with van der Waals surface area (Å²) in [7, 11) is 0. The number of piperidine rings is 1. The smallest absolute Gasteiger partial charge is 0.475 e. The van der Waals surface area contributed by atoms with Gasteiger partial charge in [0.15, 0.2) is 0 Å². The number of aliphatic carboxylic acids is 1. The molecule has 0 aliphatic carbocycles. The van der Waals surface area contributed by atoms with E-state index in [1.165, 1.54) is 12.1 Å². The number of nitrogens with zero attached hydrogens (tertiary/aromatic N) is 3. The number of carboxylic acid groups (broad SMARTS) is 1. The Morgan fingerprint density at radius 3 is 2.45 bits per heavy atom. The van der Waals surface area contributed by atoms with Gasteiger partial charge in [0.25, 0.3) is 0 Å². The molecule has 2 aliphatic heterocycles. The summed E-state index contributed by atoms with van der Waals surface area (Å²) in [5, 5.41) is 7.12. The van der Waals surface area contributed by atoms with Crippen LogP contribution in [0.25, 0.3) is 0 Å². The highest BCUT2D eigenvalue weighted by molar-refractivity contribution is 5.79. The number of rotatable bonds is 4. The predicted octanol–water partition coefficient (Wildman–Crippen LogP) is 3.51. The van der Waals surface area contributed by atoms with Crippen molar-refractivity contribution in [2.45, 2.75) is 45.5 Å². The van der Waals surface area contributed by atoms with E-state index in [1.54, 1.807) is 6.07 Å². The normalized spacial score (nSPS) is 18.3. The van der Waals surface area contributed by atoms with Crippen LogP contribution in [0.5, 0.6) is 0 Å². The molecule has 3 heterocycles. The zero-order chi connectivity index (χ0) is 24.2. The first kappa shape index (κ1) is 24.7. The SMILES string of the molecule is Cc1ncc(CN2CCC3(CC2)CC(=O)N(Cc2cccc(F)c2)C3)[nH]1.O=C(O)C(F)(F)F. The number of halogens is 4. The molecule has 0 bridgehead atoms. The van der Waals surface area contributed by atoms with Gasteiger partial charge in [-0.2, -0.15) is 13.2 Å². The van der Waals surface area contributed by atoms with Crippen molar-refractivity contribution in [1.82, 2.24) is 19.8 Å². The number of aryl methyl sites for hydroxylation is 1. The van der Waals surface area contributed by atoms with Gasteiger partial charge < -0.3 is 15.0 Å².